The van der Waals surface area contributed by atoms with Gasteiger partial charge in [0.05, 0.1) is 23.6 Å². The number of aryl methyl sites for hydroxylation is 1. The molecule has 1 spiro atoms. The van der Waals surface area contributed by atoms with Crippen molar-refractivity contribution in [3.8, 4) is 5.75 Å². The maximum Gasteiger partial charge on any atom is 0.263 e. The molecule has 2 aliphatic heterocycles. The molecule has 2 aromatic carbocycles. The summed E-state index contributed by atoms with van der Waals surface area (Å²) in [6.45, 7) is 6.78. The predicted molar refractivity (Wildman–Crippen MR) is 183 cm³/mol. The highest BCUT2D eigenvalue weighted by atomic mass is 35.5. The quantitative estimate of drug-likeness (QED) is 0.395. The molecular weight excluding hydrogens is 624 g/mol. The summed E-state index contributed by atoms with van der Waals surface area (Å²) < 4.78 is 34.4. The van der Waals surface area contributed by atoms with Crippen LogP contribution in [-0.2, 0) is 37.1 Å². The number of halogens is 1. The van der Waals surface area contributed by atoms with Crippen molar-refractivity contribution in [2.45, 2.75) is 68.6 Å². The van der Waals surface area contributed by atoms with Crippen LogP contribution in [0.25, 0.3) is 0 Å². The zero-order valence-electron chi connectivity index (χ0n) is 27.2. The number of carbonyl (C=O) groups is 2. The highest BCUT2D eigenvalue weighted by molar-refractivity contribution is 7.84. The molecule has 10 heteroatoms. The fourth-order valence-electron chi connectivity index (χ4n) is 7.83. The number of rotatable bonds is 4. The highest BCUT2D eigenvalue weighted by Gasteiger charge is 2.44. The fraction of sp³-hybridized carbons (Fsp3) is 0.556. The Bertz CT molecular complexity index is 1440. The van der Waals surface area contributed by atoms with Gasteiger partial charge in [-0.2, -0.15) is 0 Å². The van der Waals surface area contributed by atoms with Crippen molar-refractivity contribution in [3.63, 3.8) is 0 Å². The third-order valence-electron chi connectivity index (χ3n) is 10.5. The average Bonchev–Trinajstić information content (AvgIpc) is 3.20. The van der Waals surface area contributed by atoms with Gasteiger partial charge in [-0.25, -0.2) is 4.21 Å². The first-order valence-corrected chi connectivity index (χ1v) is 17.9. The first-order valence-electron chi connectivity index (χ1n) is 16.3. The summed E-state index contributed by atoms with van der Waals surface area (Å²) in [7, 11) is 1.88. The summed E-state index contributed by atoms with van der Waals surface area (Å²) in [4.78, 5) is 24.0. The average molecular weight is 671 g/mol. The van der Waals surface area contributed by atoms with Gasteiger partial charge in [0.25, 0.3) is 5.91 Å². The van der Waals surface area contributed by atoms with E-state index >= 15 is 0 Å². The summed E-state index contributed by atoms with van der Waals surface area (Å²) in [5.74, 6) is 1.40. The third-order valence-corrected chi connectivity index (χ3v) is 12.3. The van der Waals surface area contributed by atoms with Crippen LogP contribution in [0.5, 0.6) is 5.75 Å². The minimum atomic E-state index is -1.58. The van der Waals surface area contributed by atoms with Gasteiger partial charge in [-0.3, -0.25) is 9.52 Å². The van der Waals surface area contributed by atoms with Crippen LogP contribution in [0.3, 0.4) is 0 Å². The molecule has 6 unspecified atom stereocenters. The number of hydrogen-bond donors (Lipinski definition) is 1. The molecule has 8 nitrogen and oxygen atoms in total. The van der Waals surface area contributed by atoms with E-state index in [9.17, 15) is 9.00 Å². The second-order valence-electron chi connectivity index (χ2n) is 13.2. The Morgan fingerprint density at radius 3 is 2.74 bits per heavy atom. The summed E-state index contributed by atoms with van der Waals surface area (Å²) in [5.41, 5.74) is 3.85. The molecule has 6 rings (SSSR count). The predicted octanol–water partition coefficient (Wildman–Crippen LogP) is 6.06. The number of methoxy groups -OCH3 is 2. The molecule has 1 amide bonds. The minimum Gasteiger partial charge on any atom is -0.490 e. The summed E-state index contributed by atoms with van der Waals surface area (Å²) in [5, 5.41) is 0.529. The van der Waals surface area contributed by atoms with Crippen molar-refractivity contribution in [1.82, 2.24) is 4.72 Å². The fourth-order valence-corrected chi connectivity index (χ4v) is 9.32. The Morgan fingerprint density at radius 2 is 2.00 bits per heavy atom. The van der Waals surface area contributed by atoms with Gasteiger partial charge in [0.15, 0.2) is 0 Å². The van der Waals surface area contributed by atoms with Crippen LogP contribution >= 0.6 is 11.6 Å². The summed E-state index contributed by atoms with van der Waals surface area (Å²) in [6, 6.07) is 12.0. The van der Waals surface area contributed by atoms with Crippen molar-refractivity contribution >= 4 is 41.0 Å². The standard InChI is InChI=1S/C35H45ClN2O5S.CH2O/c1-23-6-4-8-31(42-3)28-12-9-26(28)20-38-21-35(16-5-7-24-18-27(36)11-13-29(24)35)22-43-32-14-10-25(19-30(32)38)34(39)37-44(40)33(23)15-17-41-2;1-2/h4,8,10-11,13-14,18-19,23,26,28,31,33H,5-7,9,12,15-17,20-22H2,1-3H3,(H,37,39);1H2/b8-4+;/t23?,26?,28?,31?,33?,35-,44?;/m0./s1. The van der Waals surface area contributed by atoms with E-state index in [0.29, 0.717) is 37.0 Å². The Kier molecular flexibility index (Phi) is 11.6. The van der Waals surface area contributed by atoms with Crippen LogP contribution in [0, 0.1) is 17.8 Å². The van der Waals surface area contributed by atoms with Crippen LogP contribution in [-0.4, -0.2) is 68.8 Å². The smallest absolute Gasteiger partial charge is 0.263 e. The molecule has 0 aromatic heterocycles. The molecule has 2 heterocycles. The Labute approximate surface area is 280 Å². The largest absolute Gasteiger partial charge is 0.490 e. The van der Waals surface area contributed by atoms with E-state index in [1.165, 1.54) is 11.1 Å². The molecule has 1 N–H and O–H groups in total. The van der Waals surface area contributed by atoms with Crippen molar-refractivity contribution in [1.29, 1.82) is 0 Å². The van der Waals surface area contributed by atoms with Crippen molar-refractivity contribution in [2.75, 3.05) is 45.4 Å². The van der Waals surface area contributed by atoms with Crippen LogP contribution < -0.4 is 14.4 Å². The van der Waals surface area contributed by atoms with E-state index in [2.05, 4.69) is 40.8 Å². The Balaban J connectivity index is 0.00000204. The highest BCUT2D eigenvalue weighted by Crippen LogP contribution is 2.47. The van der Waals surface area contributed by atoms with Gasteiger partial charge < -0.3 is 23.9 Å². The number of carbonyl (C=O) groups excluding carboxylic acids is 2. The second-order valence-corrected chi connectivity index (χ2v) is 15.0. The van der Waals surface area contributed by atoms with E-state index in [1.54, 1.807) is 20.3 Å². The van der Waals surface area contributed by atoms with Gasteiger partial charge in [0.1, 0.15) is 23.5 Å². The zero-order chi connectivity index (χ0) is 32.8. The topological polar surface area (TPSA) is 94.2 Å². The third kappa shape index (κ3) is 7.23. The van der Waals surface area contributed by atoms with Gasteiger partial charge in [-0.15, -0.1) is 0 Å². The van der Waals surface area contributed by atoms with Crippen LogP contribution in [0.1, 0.15) is 66.9 Å². The lowest BCUT2D eigenvalue weighted by Gasteiger charge is -2.46. The molecule has 2 bridgehead atoms. The molecular formula is C36H47ClN2O6S. The molecule has 0 radical (unpaired) electrons. The monoisotopic (exact) mass is 670 g/mol. The summed E-state index contributed by atoms with van der Waals surface area (Å²) >= 11 is 6.43. The number of ether oxygens (including phenoxy) is 3. The first-order chi connectivity index (χ1) is 22.3. The number of nitrogens with zero attached hydrogens (tertiary/aromatic N) is 1. The van der Waals surface area contributed by atoms with Crippen LogP contribution in [0.2, 0.25) is 5.02 Å². The molecule has 1 fully saturated rings. The Morgan fingerprint density at radius 1 is 1.17 bits per heavy atom. The number of amides is 1. The number of anilines is 1. The van der Waals surface area contributed by atoms with E-state index in [1.807, 2.05) is 25.0 Å². The van der Waals surface area contributed by atoms with Gasteiger partial charge >= 0.3 is 0 Å². The molecule has 4 aliphatic rings. The molecule has 0 saturated heterocycles. The first kappa shape index (κ1) is 34.6. The number of fused-ring (bicyclic) bond motifs is 4. The zero-order valence-corrected chi connectivity index (χ0v) is 28.7. The number of allylic oxidation sites excluding steroid dienone is 1. The van der Waals surface area contributed by atoms with Gasteiger partial charge in [-0.05, 0) is 104 Å². The molecule has 2 aliphatic carbocycles. The molecule has 2 aromatic rings. The molecule has 250 valence electrons. The second kappa shape index (κ2) is 15.5. The van der Waals surface area contributed by atoms with Crippen molar-refractivity contribution in [2.24, 2.45) is 17.8 Å². The molecule has 7 atom stereocenters. The van der Waals surface area contributed by atoms with Gasteiger partial charge in [0, 0.05) is 49.9 Å². The minimum absolute atomic E-state index is 0.0250. The van der Waals surface area contributed by atoms with Gasteiger partial charge in [0.2, 0.25) is 0 Å². The Hall–Kier alpha value is -2.72. The molecule has 1 saturated carbocycles. The summed E-state index contributed by atoms with van der Waals surface area (Å²) in [6.07, 6.45) is 11.1. The van der Waals surface area contributed by atoms with E-state index < -0.39 is 11.0 Å². The maximum atomic E-state index is 13.6. The van der Waals surface area contributed by atoms with E-state index in [4.69, 9.17) is 30.6 Å². The van der Waals surface area contributed by atoms with Crippen LogP contribution in [0.15, 0.2) is 48.6 Å². The number of benzene rings is 2. The lowest BCUT2D eigenvalue weighted by atomic mass is 9.68. The number of hydrogen-bond acceptors (Lipinski definition) is 7. The van der Waals surface area contributed by atoms with Crippen LogP contribution in [0.4, 0.5) is 5.69 Å². The molecule has 46 heavy (non-hydrogen) atoms. The van der Waals surface area contributed by atoms with Crippen molar-refractivity contribution < 1.29 is 28.0 Å². The normalized spacial score (nSPS) is 31.5. The lowest BCUT2D eigenvalue weighted by Crippen LogP contribution is -2.49. The van der Waals surface area contributed by atoms with E-state index in [-0.39, 0.29) is 28.6 Å². The van der Waals surface area contributed by atoms with Gasteiger partial charge in [-0.1, -0.05) is 36.7 Å². The SMILES string of the molecule is C=O.COCCC1C(C)C/C=C/C(OC)C2CCC2CN2C[C@@]3(CCCc4cc(Cl)ccc43)COc3ccc(cc32)C(=O)NS1=O. The van der Waals surface area contributed by atoms with E-state index in [0.717, 1.165) is 68.1 Å². The lowest BCUT2D eigenvalue weighted by molar-refractivity contribution is -0.0980. The van der Waals surface area contributed by atoms with Crippen molar-refractivity contribution in [3.05, 3.63) is 70.3 Å². The maximum absolute atomic E-state index is 13.6. The number of nitrogens with one attached hydrogen (secondary N) is 1.